The third-order valence-electron chi connectivity index (χ3n) is 12.3. The number of ketones is 1. The van der Waals surface area contributed by atoms with Gasteiger partial charge in [-0.05, 0) is 74.4 Å². The van der Waals surface area contributed by atoms with E-state index in [-0.39, 0.29) is 83.7 Å². The van der Waals surface area contributed by atoms with E-state index in [1.165, 1.54) is 41.2 Å². The molecule has 17 nitrogen and oxygen atoms in total. The second-order valence-electron chi connectivity index (χ2n) is 18.8. The summed E-state index contributed by atoms with van der Waals surface area (Å²) >= 11 is 0. The van der Waals surface area contributed by atoms with Gasteiger partial charge in [-0.1, -0.05) is 142 Å². The molecule has 75 heavy (non-hydrogen) atoms. The lowest BCUT2D eigenvalue weighted by molar-refractivity contribution is -0.149. The Balaban J connectivity index is 1.59. The van der Waals surface area contributed by atoms with Crippen molar-refractivity contribution >= 4 is 47.1 Å². The topological polar surface area (TPSA) is 197 Å². The summed E-state index contributed by atoms with van der Waals surface area (Å²) < 4.78 is 0. The van der Waals surface area contributed by atoms with Crippen molar-refractivity contribution in [2.24, 2.45) is 5.73 Å². The van der Waals surface area contributed by atoms with Gasteiger partial charge in [-0.25, -0.2) is 0 Å². The van der Waals surface area contributed by atoms with E-state index in [0.717, 1.165) is 35.1 Å². The zero-order chi connectivity index (χ0) is 54.4. The van der Waals surface area contributed by atoms with Crippen molar-refractivity contribution in [3.63, 3.8) is 0 Å². The molecule has 0 aliphatic heterocycles. The zero-order valence-electron chi connectivity index (χ0n) is 44.6. The first-order chi connectivity index (χ1) is 36.2. The smallest absolute Gasteiger partial charge is 0.242 e. The van der Waals surface area contributed by atoms with Crippen LogP contribution in [-0.4, -0.2) is 167 Å². The predicted octanol–water partition coefficient (Wildman–Crippen LogP) is 4.73. The highest BCUT2D eigenvalue weighted by Gasteiger charge is 2.30. The van der Waals surface area contributed by atoms with Gasteiger partial charge in [-0.2, -0.15) is 0 Å². The molecule has 4 rings (SSSR count). The first-order valence-electron chi connectivity index (χ1n) is 26.2. The minimum absolute atomic E-state index is 0.0122. The normalized spacial score (nSPS) is 10.8. The van der Waals surface area contributed by atoms with Gasteiger partial charge in [-0.15, -0.1) is 0 Å². The number of unbranched alkanes of at least 4 members (excludes halogenated alkanes) is 1. The van der Waals surface area contributed by atoms with Crippen LogP contribution in [-0.2, 0) is 64.5 Å². The SMILES string of the molecule is CCCN(CC(=O)N(CCC)CC(=O)N(CC(=O)N(CC(=O)N(CCC)CC(=O)N(CC(=O)N(CC(C)=O)Cc1ccccc1)Cc1ccccc1)Cc1ccccc1)Cc1ccccc1)C(=O)CNCCCCN. The van der Waals surface area contributed by atoms with Crippen LogP contribution in [0.5, 0.6) is 0 Å². The van der Waals surface area contributed by atoms with E-state index in [1.807, 2.05) is 142 Å². The highest BCUT2D eigenvalue weighted by Crippen LogP contribution is 2.14. The number of carbonyl (C=O) groups is 8. The van der Waals surface area contributed by atoms with Gasteiger partial charge >= 0.3 is 0 Å². The lowest BCUT2D eigenvalue weighted by Gasteiger charge is -2.32. The van der Waals surface area contributed by atoms with E-state index in [0.29, 0.717) is 38.9 Å². The van der Waals surface area contributed by atoms with Crippen LogP contribution >= 0.6 is 0 Å². The highest BCUT2D eigenvalue weighted by atomic mass is 16.2. The number of nitrogens with two attached hydrogens (primary N) is 1. The van der Waals surface area contributed by atoms with E-state index < -0.39 is 55.1 Å². The maximum Gasteiger partial charge on any atom is 0.242 e. The average Bonchev–Trinajstić information content (AvgIpc) is 3.40. The van der Waals surface area contributed by atoms with Crippen LogP contribution in [0.25, 0.3) is 0 Å². The lowest BCUT2D eigenvalue weighted by atomic mass is 10.2. The molecule has 0 fully saturated rings. The molecule has 0 bridgehead atoms. The summed E-state index contributed by atoms with van der Waals surface area (Å²) in [6.45, 7) is 7.07. The van der Waals surface area contributed by atoms with Gasteiger partial charge in [0.1, 0.15) is 25.4 Å². The second kappa shape index (κ2) is 33.6. The maximum atomic E-state index is 14.8. The molecule has 0 unspecified atom stereocenters. The summed E-state index contributed by atoms with van der Waals surface area (Å²) in [6.07, 6.45) is 3.30. The van der Waals surface area contributed by atoms with Crippen molar-refractivity contribution in [2.45, 2.75) is 86.0 Å². The molecule has 4 aromatic carbocycles. The van der Waals surface area contributed by atoms with Gasteiger partial charge in [0.2, 0.25) is 41.4 Å². The summed E-state index contributed by atoms with van der Waals surface area (Å²) in [7, 11) is 0. The summed E-state index contributed by atoms with van der Waals surface area (Å²) in [5.74, 6) is -3.31. The Kier molecular flexibility index (Phi) is 27.0. The lowest BCUT2D eigenvalue weighted by Crippen LogP contribution is -2.52. The fourth-order valence-electron chi connectivity index (χ4n) is 8.38. The minimum atomic E-state index is -0.536. The molecule has 0 saturated carbocycles. The third kappa shape index (κ3) is 22.0. The molecular formula is C58H79N9O8. The number of benzene rings is 4. The molecule has 0 aromatic heterocycles. The van der Waals surface area contributed by atoms with Crippen LogP contribution in [0.3, 0.4) is 0 Å². The van der Waals surface area contributed by atoms with Crippen molar-refractivity contribution in [3.05, 3.63) is 144 Å². The minimum Gasteiger partial charge on any atom is -0.332 e. The Bertz CT molecular complexity index is 2390. The molecule has 17 heteroatoms. The maximum absolute atomic E-state index is 14.8. The number of rotatable bonds is 34. The number of nitrogens with one attached hydrogen (secondary N) is 1. The summed E-state index contributed by atoms with van der Waals surface area (Å²) in [4.78, 5) is 122. The average molecular weight is 1030 g/mol. The summed E-state index contributed by atoms with van der Waals surface area (Å²) in [6, 6.07) is 36.8. The fourth-order valence-corrected chi connectivity index (χ4v) is 8.38. The van der Waals surface area contributed by atoms with Gasteiger partial charge < -0.3 is 45.3 Å². The Morgan fingerprint density at radius 1 is 0.373 bits per heavy atom. The third-order valence-corrected chi connectivity index (χ3v) is 12.3. The van der Waals surface area contributed by atoms with Gasteiger partial charge in [0.05, 0.1) is 32.7 Å². The molecule has 0 atom stereocenters. The molecule has 3 N–H and O–H groups in total. The Labute approximate surface area is 444 Å². The first kappa shape index (κ1) is 60.3. The van der Waals surface area contributed by atoms with Crippen LogP contribution in [0.15, 0.2) is 121 Å². The number of hydrogen-bond donors (Lipinski definition) is 2. The molecular weight excluding hydrogens is 951 g/mol. The van der Waals surface area contributed by atoms with Crippen LogP contribution < -0.4 is 11.1 Å². The van der Waals surface area contributed by atoms with Crippen molar-refractivity contribution in [2.75, 3.05) is 85.1 Å². The molecule has 0 spiro atoms. The number of carbonyl (C=O) groups excluding carboxylic acids is 8. The molecule has 4 aromatic rings. The van der Waals surface area contributed by atoms with E-state index in [2.05, 4.69) is 5.32 Å². The van der Waals surface area contributed by atoms with E-state index >= 15 is 0 Å². The Morgan fingerprint density at radius 2 is 0.640 bits per heavy atom. The van der Waals surface area contributed by atoms with Gasteiger partial charge in [-0.3, -0.25) is 38.4 Å². The van der Waals surface area contributed by atoms with Crippen LogP contribution in [0.2, 0.25) is 0 Å². The molecule has 0 saturated heterocycles. The van der Waals surface area contributed by atoms with Crippen LogP contribution in [0.1, 0.15) is 82.1 Å². The monoisotopic (exact) mass is 1030 g/mol. The largest absolute Gasteiger partial charge is 0.332 e. The standard InChI is InChI=1S/C58H79N9O8/c1-5-32-61(52(69)35-60-31-21-20-30-59)41-53(70)62(33-6-2)42-55(72)67(40-51-28-18-11-19-29-51)46-58(75)65(38-49-24-14-9-15-25-49)44-54(71)63(34-7-3)43-56(73)66(39-50-26-16-10-17-27-50)45-57(74)64(36-47(4)68)37-48-22-12-8-13-23-48/h8-19,22-29,60H,5-7,20-21,30-46,59H2,1-4H3. The second-order valence-corrected chi connectivity index (χ2v) is 18.8. The molecule has 0 radical (unpaired) electrons. The van der Waals surface area contributed by atoms with Crippen LogP contribution in [0, 0.1) is 0 Å². The summed E-state index contributed by atoms with van der Waals surface area (Å²) in [5, 5.41) is 3.13. The first-order valence-corrected chi connectivity index (χ1v) is 26.2. The number of Topliss-reactive ketones (excluding diaryl/α,β-unsaturated/α-hetero) is 1. The Hall–Kier alpha value is -7.24. The van der Waals surface area contributed by atoms with Gasteiger partial charge in [0, 0.05) is 45.8 Å². The van der Waals surface area contributed by atoms with Gasteiger partial charge in [0.15, 0.2) is 0 Å². The number of amides is 7. The zero-order valence-corrected chi connectivity index (χ0v) is 44.6. The molecule has 7 amide bonds. The van der Waals surface area contributed by atoms with Crippen molar-refractivity contribution in [1.82, 2.24) is 39.6 Å². The number of hydrogen-bond acceptors (Lipinski definition) is 10. The van der Waals surface area contributed by atoms with Crippen molar-refractivity contribution in [1.29, 1.82) is 0 Å². The number of nitrogens with zero attached hydrogens (tertiary/aromatic N) is 7. The fraction of sp³-hybridized carbons (Fsp3) is 0.448. The highest BCUT2D eigenvalue weighted by molar-refractivity contribution is 5.93. The molecule has 0 aliphatic rings. The Morgan fingerprint density at radius 3 is 0.920 bits per heavy atom. The quantitative estimate of drug-likeness (QED) is 0.0618. The van der Waals surface area contributed by atoms with E-state index in [4.69, 9.17) is 5.73 Å². The molecule has 0 heterocycles. The van der Waals surface area contributed by atoms with E-state index in [1.54, 1.807) is 0 Å². The predicted molar refractivity (Wildman–Crippen MR) is 290 cm³/mol. The molecule has 404 valence electrons. The van der Waals surface area contributed by atoms with E-state index in [9.17, 15) is 38.4 Å². The van der Waals surface area contributed by atoms with Crippen molar-refractivity contribution < 1.29 is 38.4 Å². The summed E-state index contributed by atoms with van der Waals surface area (Å²) in [5.41, 5.74) is 8.66. The van der Waals surface area contributed by atoms with Crippen LogP contribution in [0.4, 0.5) is 0 Å². The van der Waals surface area contributed by atoms with Gasteiger partial charge in [0.25, 0.3) is 0 Å². The van der Waals surface area contributed by atoms with Crippen molar-refractivity contribution in [3.8, 4) is 0 Å². The molecule has 0 aliphatic carbocycles.